The molecule has 1 amide bonds. The molecule has 3 aromatic heterocycles. The summed E-state index contributed by atoms with van der Waals surface area (Å²) in [4.78, 5) is 21.4. The molecule has 0 saturated heterocycles. The fourth-order valence-electron chi connectivity index (χ4n) is 2.17. The number of carbonyl (C=O) groups is 1. The van der Waals surface area contributed by atoms with Gasteiger partial charge in [-0.1, -0.05) is 0 Å². The van der Waals surface area contributed by atoms with Gasteiger partial charge in [0.1, 0.15) is 5.82 Å². The third kappa shape index (κ3) is 3.37. The topological polar surface area (TPSA) is 75.4 Å². The Balaban J connectivity index is 2.01. The molecule has 1 N–H and O–H groups in total. The van der Waals surface area contributed by atoms with Crippen molar-refractivity contribution in [3.05, 3.63) is 47.8 Å². The van der Waals surface area contributed by atoms with Crippen LogP contribution in [0.5, 0.6) is 0 Å². The Labute approximate surface area is 140 Å². The summed E-state index contributed by atoms with van der Waals surface area (Å²) in [7, 11) is 3.18. The molecule has 130 valence electrons. The van der Waals surface area contributed by atoms with Gasteiger partial charge in [0, 0.05) is 26.5 Å². The van der Waals surface area contributed by atoms with Crippen molar-refractivity contribution >= 4 is 23.3 Å². The van der Waals surface area contributed by atoms with Gasteiger partial charge in [0.05, 0.1) is 11.1 Å². The second-order valence-electron chi connectivity index (χ2n) is 5.40. The number of hydrogen-bond donors (Lipinski definition) is 1. The van der Waals surface area contributed by atoms with Crippen LogP contribution in [0.3, 0.4) is 0 Å². The predicted molar refractivity (Wildman–Crippen MR) is 84.5 cm³/mol. The molecule has 0 radical (unpaired) electrons. The molecule has 3 rings (SSSR count). The number of alkyl halides is 3. The third-order valence-corrected chi connectivity index (χ3v) is 3.35. The molecule has 0 spiro atoms. The van der Waals surface area contributed by atoms with E-state index in [4.69, 9.17) is 0 Å². The maximum atomic E-state index is 13.0. The van der Waals surface area contributed by atoms with Crippen molar-refractivity contribution in [1.82, 2.24) is 19.6 Å². The molecule has 10 heteroatoms. The average Bonchev–Trinajstić information content (AvgIpc) is 2.95. The Hall–Kier alpha value is -3.17. The molecule has 0 unspecified atom stereocenters. The molecule has 25 heavy (non-hydrogen) atoms. The van der Waals surface area contributed by atoms with E-state index in [1.807, 2.05) is 0 Å². The lowest BCUT2D eigenvalue weighted by atomic mass is 10.2. The molecule has 0 atom stereocenters. The van der Waals surface area contributed by atoms with E-state index in [0.717, 1.165) is 12.1 Å². The molecule has 0 bridgehead atoms. The summed E-state index contributed by atoms with van der Waals surface area (Å²) in [5.74, 6) is -0.429. The lowest BCUT2D eigenvalue weighted by molar-refractivity contribution is -0.137. The Morgan fingerprint density at radius 1 is 1.28 bits per heavy atom. The number of amides is 1. The Bertz CT molecular complexity index is 920. The molecule has 0 aliphatic carbocycles. The highest BCUT2D eigenvalue weighted by atomic mass is 19.4. The Kier molecular flexibility index (Phi) is 4.03. The Morgan fingerprint density at radius 3 is 2.64 bits per heavy atom. The first kappa shape index (κ1) is 16.7. The first-order valence-electron chi connectivity index (χ1n) is 7.12. The summed E-state index contributed by atoms with van der Waals surface area (Å²) >= 11 is 0. The zero-order valence-corrected chi connectivity index (χ0v) is 13.2. The van der Waals surface area contributed by atoms with Gasteiger partial charge in [-0.25, -0.2) is 0 Å². The number of nitrogens with one attached hydrogen (secondary N) is 1. The van der Waals surface area contributed by atoms with Crippen molar-refractivity contribution < 1.29 is 18.0 Å². The monoisotopic (exact) mass is 350 g/mol. The van der Waals surface area contributed by atoms with Crippen LogP contribution in [-0.2, 0) is 6.18 Å². The maximum absolute atomic E-state index is 13.0. The highest BCUT2D eigenvalue weighted by Crippen LogP contribution is 2.32. The summed E-state index contributed by atoms with van der Waals surface area (Å²) in [5.41, 5.74) is -0.591. The average molecular weight is 350 g/mol. The highest BCUT2D eigenvalue weighted by molar-refractivity contribution is 6.03. The van der Waals surface area contributed by atoms with Gasteiger partial charge < -0.3 is 4.90 Å². The van der Waals surface area contributed by atoms with Crippen LogP contribution in [0.1, 0.15) is 15.9 Å². The first-order valence-corrected chi connectivity index (χ1v) is 7.12. The van der Waals surface area contributed by atoms with Crippen LogP contribution in [0.4, 0.5) is 24.9 Å². The lowest BCUT2D eigenvalue weighted by Crippen LogP contribution is -2.16. The van der Waals surface area contributed by atoms with Crippen LogP contribution in [0.25, 0.3) is 5.65 Å². The van der Waals surface area contributed by atoms with Crippen LogP contribution in [-0.4, -0.2) is 39.6 Å². The number of halogens is 3. The van der Waals surface area contributed by atoms with Crippen LogP contribution < -0.4 is 10.2 Å². The van der Waals surface area contributed by atoms with Crippen molar-refractivity contribution in [1.29, 1.82) is 0 Å². The molecule has 0 aliphatic rings. The van der Waals surface area contributed by atoms with Crippen molar-refractivity contribution in [2.75, 3.05) is 24.3 Å². The van der Waals surface area contributed by atoms with Crippen molar-refractivity contribution in [3.8, 4) is 0 Å². The normalized spacial score (nSPS) is 11.6. The van der Waals surface area contributed by atoms with Gasteiger partial charge in [-0.05, 0) is 24.3 Å². The second kappa shape index (κ2) is 6.04. The van der Waals surface area contributed by atoms with Crippen LogP contribution in [0, 0.1) is 0 Å². The minimum atomic E-state index is -4.52. The van der Waals surface area contributed by atoms with Gasteiger partial charge in [0.25, 0.3) is 5.91 Å². The summed E-state index contributed by atoms with van der Waals surface area (Å²) in [5, 5.41) is 6.52. The number of nitrogens with zero attached hydrogens (tertiary/aromatic N) is 5. The van der Waals surface area contributed by atoms with Crippen LogP contribution in [0.2, 0.25) is 0 Å². The number of aromatic nitrogens is 4. The fourth-order valence-corrected chi connectivity index (χ4v) is 2.17. The zero-order chi connectivity index (χ0) is 18.2. The Morgan fingerprint density at radius 2 is 2.04 bits per heavy atom. The SMILES string of the molecule is CN(C)c1cc(C(F)(F)F)cc2nc(NC(=O)c3cccnc3)nn12. The number of anilines is 2. The van der Waals surface area contributed by atoms with E-state index in [9.17, 15) is 18.0 Å². The molecule has 0 aromatic carbocycles. The predicted octanol–water partition coefficient (Wildman–Crippen LogP) is 2.46. The minimum absolute atomic E-state index is 0.0278. The minimum Gasteiger partial charge on any atom is -0.363 e. The van der Waals surface area contributed by atoms with E-state index < -0.39 is 17.6 Å². The third-order valence-electron chi connectivity index (χ3n) is 3.35. The number of fused-ring (bicyclic) bond motifs is 1. The molecule has 3 aromatic rings. The highest BCUT2D eigenvalue weighted by Gasteiger charge is 2.32. The number of rotatable bonds is 3. The molecule has 0 saturated carbocycles. The van der Waals surface area contributed by atoms with Crippen LogP contribution in [0.15, 0.2) is 36.7 Å². The molecule has 7 nitrogen and oxygen atoms in total. The van der Waals surface area contributed by atoms with Gasteiger partial charge in [-0.3, -0.25) is 15.1 Å². The molecule has 0 aliphatic heterocycles. The van der Waals surface area contributed by atoms with Crippen LogP contribution >= 0.6 is 0 Å². The van der Waals surface area contributed by atoms with E-state index in [-0.39, 0.29) is 23.0 Å². The van der Waals surface area contributed by atoms with Crippen molar-refractivity contribution in [2.45, 2.75) is 6.18 Å². The summed E-state index contributed by atoms with van der Waals surface area (Å²) < 4.78 is 40.4. The number of pyridine rings is 2. The number of carbonyl (C=O) groups excluding carboxylic acids is 1. The molecule has 0 fully saturated rings. The first-order chi connectivity index (χ1) is 11.8. The summed E-state index contributed by atoms with van der Waals surface area (Å²) in [6, 6.07) is 4.98. The lowest BCUT2D eigenvalue weighted by Gasteiger charge is -2.16. The summed E-state index contributed by atoms with van der Waals surface area (Å²) in [6.45, 7) is 0. The van der Waals surface area contributed by atoms with E-state index >= 15 is 0 Å². The van der Waals surface area contributed by atoms with Crippen molar-refractivity contribution in [2.24, 2.45) is 0 Å². The maximum Gasteiger partial charge on any atom is 0.416 e. The van der Waals surface area contributed by atoms with Gasteiger partial charge in [0.2, 0.25) is 5.95 Å². The van der Waals surface area contributed by atoms with E-state index in [1.54, 1.807) is 26.2 Å². The van der Waals surface area contributed by atoms with E-state index in [1.165, 1.54) is 21.8 Å². The molecule has 3 heterocycles. The second-order valence-corrected chi connectivity index (χ2v) is 5.40. The fraction of sp³-hybridized carbons (Fsp3) is 0.200. The summed E-state index contributed by atoms with van der Waals surface area (Å²) in [6.07, 6.45) is -1.64. The quantitative estimate of drug-likeness (QED) is 0.785. The van der Waals surface area contributed by atoms with Gasteiger partial charge in [-0.15, -0.1) is 5.10 Å². The van der Waals surface area contributed by atoms with Gasteiger partial charge in [-0.2, -0.15) is 22.7 Å². The van der Waals surface area contributed by atoms with Gasteiger partial charge in [0.15, 0.2) is 5.65 Å². The zero-order valence-electron chi connectivity index (χ0n) is 13.2. The standard InChI is InChI=1S/C15H13F3N6O/c1-23(2)12-7-10(15(16,17)18)6-11-20-14(22-24(11)12)21-13(25)9-4-3-5-19-8-9/h3-8H,1-2H3,(H,21,22,25). The van der Waals surface area contributed by atoms with Crippen molar-refractivity contribution in [3.63, 3.8) is 0 Å². The number of hydrogen-bond acceptors (Lipinski definition) is 5. The van der Waals surface area contributed by atoms with E-state index in [0.29, 0.717) is 0 Å². The molecular formula is C15H13F3N6O. The molecular weight excluding hydrogens is 337 g/mol. The van der Waals surface area contributed by atoms with E-state index in [2.05, 4.69) is 20.4 Å². The largest absolute Gasteiger partial charge is 0.416 e. The smallest absolute Gasteiger partial charge is 0.363 e. The van der Waals surface area contributed by atoms with Gasteiger partial charge >= 0.3 is 6.18 Å².